The largest absolute Gasteiger partial charge is 0.380 e. The van der Waals surface area contributed by atoms with E-state index in [1.54, 1.807) is 0 Å². The molecular formula is C15H25NO. The summed E-state index contributed by atoms with van der Waals surface area (Å²) in [6, 6.07) is 10.6. The Hall–Kier alpha value is -0.860. The number of hydrogen-bond donors (Lipinski definition) is 1. The van der Waals surface area contributed by atoms with Crippen molar-refractivity contribution in [2.45, 2.75) is 39.2 Å². The molecule has 0 bridgehead atoms. The summed E-state index contributed by atoms with van der Waals surface area (Å²) < 4.78 is 5.47. The quantitative estimate of drug-likeness (QED) is 0.788. The molecule has 1 aromatic carbocycles. The molecule has 17 heavy (non-hydrogen) atoms. The zero-order chi connectivity index (χ0) is 12.7. The van der Waals surface area contributed by atoms with E-state index in [-0.39, 0.29) is 6.04 Å². The molecule has 0 saturated carbocycles. The fourth-order valence-electron chi connectivity index (χ4n) is 2.28. The summed E-state index contributed by atoms with van der Waals surface area (Å²) in [7, 11) is 0. The van der Waals surface area contributed by atoms with Crippen LogP contribution in [-0.2, 0) is 4.74 Å². The van der Waals surface area contributed by atoms with Crippen LogP contribution in [0.4, 0.5) is 0 Å². The molecule has 1 aromatic rings. The molecule has 0 aromatic heterocycles. The first kappa shape index (κ1) is 14.2. The summed E-state index contributed by atoms with van der Waals surface area (Å²) in [5.41, 5.74) is 7.62. The van der Waals surface area contributed by atoms with Crippen molar-refractivity contribution in [3.8, 4) is 0 Å². The van der Waals surface area contributed by atoms with E-state index < -0.39 is 0 Å². The van der Waals surface area contributed by atoms with Gasteiger partial charge < -0.3 is 10.5 Å². The zero-order valence-corrected chi connectivity index (χ0v) is 11.2. The third-order valence-corrected chi connectivity index (χ3v) is 3.42. The van der Waals surface area contributed by atoms with Gasteiger partial charge >= 0.3 is 0 Å². The highest BCUT2D eigenvalue weighted by Gasteiger charge is 2.24. The fraction of sp³-hybridized carbons (Fsp3) is 0.600. The monoisotopic (exact) mass is 235 g/mol. The second-order valence-electron chi connectivity index (χ2n) is 4.65. The normalized spacial score (nSPS) is 16.5. The fourth-order valence-corrected chi connectivity index (χ4v) is 2.28. The predicted octanol–water partition coefficient (Wildman–Crippen LogP) is 3.18. The minimum Gasteiger partial charge on any atom is -0.380 e. The maximum atomic E-state index is 6.29. The van der Waals surface area contributed by atoms with E-state index in [1.807, 2.05) is 13.0 Å². The van der Waals surface area contributed by atoms with E-state index in [1.165, 1.54) is 5.56 Å². The zero-order valence-electron chi connectivity index (χ0n) is 11.2. The Morgan fingerprint density at radius 1 is 1.18 bits per heavy atom. The Kier molecular flexibility index (Phi) is 6.23. The molecule has 0 aliphatic carbocycles. The molecule has 3 unspecified atom stereocenters. The average Bonchev–Trinajstić information content (AvgIpc) is 2.37. The second-order valence-corrected chi connectivity index (χ2v) is 4.65. The van der Waals surface area contributed by atoms with E-state index in [2.05, 4.69) is 38.1 Å². The van der Waals surface area contributed by atoms with Gasteiger partial charge in [-0.15, -0.1) is 0 Å². The van der Waals surface area contributed by atoms with Gasteiger partial charge in [0, 0.05) is 18.6 Å². The van der Waals surface area contributed by atoms with E-state index in [0.717, 1.165) is 13.0 Å². The lowest BCUT2D eigenvalue weighted by molar-refractivity contribution is 0.118. The van der Waals surface area contributed by atoms with Gasteiger partial charge in [0.15, 0.2) is 0 Å². The van der Waals surface area contributed by atoms with Crippen LogP contribution in [0.5, 0.6) is 0 Å². The average molecular weight is 235 g/mol. The first-order chi connectivity index (χ1) is 8.20. The van der Waals surface area contributed by atoms with Gasteiger partial charge in [-0.1, -0.05) is 50.6 Å². The van der Waals surface area contributed by atoms with Crippen LogP contribution in [0.15, 0.2) is 30.3 Å². The Morgan fingerprint density at radius 3 is 2.35 bits per heavy atom. The third kappa shape index (κ3) is 4.14. The van der Waals surface area contributed by atoms with Crippen LogP contribution in [0.1, 0.15) is 38.7 Å². The number of nitrogens with two attached hydrogens (primary N) is 1. The molecule has 0 heterocycles. The summed E-state index contributed by atoms with van der Waals surface area (Å²) in [4.78, 5) is 0. The first-order valence-electron chi connectivity index (χ1n) is 6.58. The van der Waals surface area contributed by atoms with E-state index >= 15 is 0 Å². The van der Waals surface area contributed by atoms with Crippen molar-refractivity contribution in [2.24, 2.45) is 11.7 Å². The molecule has 0 fully saturated rings. The molecule has 0 amide bonds. The highest BCUT2D eigenvalue weighted by atomic mass is 16.5. The lowest BCUT2D eigenvalue weighted by atomic mass is 9.81. The van der Waals surface area contributed by atoms with Crippen LogP contribution >= 0.6 is 0 Å². The van der Waals surface area contributed by atoms with Crippen molar-refractivity contribution in [1.82, 2.24) is 0 Å². The van der Waals surface area contributed by atoms with Gasteiger partial charge in [-0.3, -0.25) is 0 Å². The van der Waals surface area contributed by atoms with Crippen LogP contribution in [-0.4, -0.2) is 19.3 Å². The highest BCUT2D eigenvalue weighted by molar-refractivity contribution is 5.22. The summed E-state index contributed by atoms with van der Waals surface area (Å²) in [5.74, 6) is 0.959. The third-order valence-electron chi connectivity index (χ3n) is 3.42. The molecule has 2 N–H and O–H groups in total. The van der Waals surface area contributed by atoms with E-state index in [4.69, 9.17) is 10.5 Å². The van der Waals surface area contributed by atoms with Crippen molar-refractivity contribution >= 4 is 0 Å². The summed E-state index contributed by atoms with van der Waals surface area (Å²) >= 11 is 0. The topological polar surface area (TPSA) is 35.2 Å². The van der Waals surface area contributed by atoms with Crippen molar-refractivity contribution in [3.05, 3.63) is 35.9 Å². The van der Waals surface area contributed by atoms with Gasteiger partial charge in [-0.2, -0.15) is 0 Å². The van der Waals surface area contributed by atoms with Crippen molar-refractivity contribution in [3.63, 3.8) is 0 Å². The van der Waals surface area contributed by atoms with Gasteiger partial charge in [0.2, 0.25) is 0 Å². The molecule has 0 aliphatic heterocycles. The highest BCUT2D eigenvalue weighted by Crippen LogP contribution is 2.29. The molecule has 0 saturated heterocycles. The molecule has 0 spiro atoms. The van der Waals surface area contributed by atoms with Crippen LogP contribution in [0.25, 0.3) is 0 Å². The summed E-state index contributed by atoms with van der Waals surface area (Å²) in [5, 5.41) is 0. The summed E-state index contributed by atoms with van der Waals surface area (Å²) in [6.45, 7) is 7.86. The SMILES string of the molecule is CCOCC(N)C(c1ccccc1)C(C)CC. The second kappa shape index (κ2) is 7.46. The number of ether oxygens (including phenoxy) is 1. The van der Waals surface area contributed by atoms with E-state index in [0.29, 0.717) is 18.4 Å². The lowest BCUT2D eigenvalue weighted by Crippen LogP contribution is -2.36. The molecular weight excluding hydrogens is 210 g/mol. The Labute approximate surface area is 105 Å². The van der Waals surface area contributed by atoms with Crippen LogP contribution in [0.2, 0.25) is 0 Å². The van der Waals surface area contributed by atoms with Gasteiger partial charge in [-0.25, -0.2) is 0 Å². The Balaban J connectivity index is 2.80. The standard InChI is InChI=1S/C15H25NO/c1-4-12(3)15(14(16)11-17-5-2)13-9-7-6-8-10-13/h6-10,12,14-15H,4-5,11,16H2,1-3H3. The van der Waals surface area contributed by atoms with Crippen LogP contribution in [0.3, 0.4) is 0 Å². The van der Waals surface area contributed by atoms with Crippen molar-refractivity contribution in [1.29, 1.82) is 0 Å². The summed E-state index contributed by atoms with van der Waals surface area (Å²) in [6.07, 6.45) is 1.14. The smallest absolute Gasteiger partial charge is 0.0623 e. The van der Waals surface area contributed by atoms with Crippen molar-refractivity contribution < 1.29 is 4.74 Å². The number of benzene rings is 1. The lowest BCUT2D eigenvalue weighted by Gasteiger charge is -2.29. The van der Waals surface area contributed by atoms with Crippen LogP contribution < -0.4 is 5.73 Å². The molecule has 96 valence electrons. The number of hydrogen-bond acceptors (Lipinski definition) is 2. The maximum Gasteiger partial charge on any atom is 0.0623 e. The molecule has 0 aliphatic rings. The molecule has 0 radical (unpaired) electrons. The predicted molar refractivity (Wildman–Crippen MR) is 73.1 cm³/mol. The van der Waals surface area contributed by atoms with Gasteiger partial charge in [0.05, 0.1) is 6.61 Å². The molecule has 2 heteroatoms. The molecule has 2 nitrogen and oxygen atoms in total. The van der Waals surface area contributed by atoms with E-state index in [9.17, 15) is 0 Å². The van der Waals surface area contributed by atoms with Crippen LogP contribution in [0, 0.1) is 5.92 Å². The van der Waals surface area contributed by atoms with Gasteiger partial charge in [0.25, 0.3) is 0 Å². The van der Waals surface area contributed by atoms with Gasteiger partial charge in [0.1, 0.15) is 0 Å². The Morgan fingerprint density at radius 2 is 1.82 bits per heavy atom. The van der Waals surface area contributed by atoms with Gasteiger partial charge in [-0.05, 0) is 18.4 Å². The molecule has 1 rings (SSSR count). The number of rotatable bonds is 7. The Bertz CT molecular complexity index is 299. The maximum absolute atomic E-state index is 6.29. The minimum absolute atomic E-state index is 0.0762. The van der Waals surface area contributed by atoms with Crippen molar-refractivity contribution in [2.75, 3.05) is 13.2 Å². The minimum atomic E-state index is 0.0762. The molecule has 3 atom stereocenters. The first-order valence-corrected chi connectivity index (χ1v) is 6.58.